The van der Waals surface area contributed by atoms with Crippen LogP contribution in [-0.2, 0) is 24.4 Å². The monoisotopic (exact) mass is 548 g/mol. The van der Waals surface area contributed by atoms with Crippen LogP contribution in [0.25, 0.3) is 10.9 Å². The number of quaternary nitrogens is 1. The van der Waals surface area contributed by atoms with Crippen LogP contribution in [0.3, 0.4) is 0 Å². The summed E-state index contributed by atoms with van der Waals surface area (Å²) in [5, 5.41) is 6.39. The Bertz CT molecular complexity index is 1660. The highest BCUT2D eigenvalue weighted by molar-refractivity contribution is 5.88. The van der Waals surface area contributed by atoms with E-state index in [1.54, 1.807) is 7.11 Å². The Morgan fingerprint density at radius 1 is 0.927 bits per heavy atom. The number of fused-ring (bicyclic) bond motifs is 3. The van der Waals surface area contributed by atoms with Crippen LogP contribution in [0.4, 0.5) is 5.69 Å². The number of benzene rings is 4. The minimum absolute atomic E-state index is 0.102. The standard InChI is InChI=1S/C34H33N3O4/c1-22(38)36-26-9-11-27(12-10-26)41-21-25-18-24(8-15-32(25)39-2)33-34-29(16-17-35-33)30-19-28(13-14-31(30)37-34)40-20-23-6-4-3-5-7-23/h3-15,18-19,33,35,37H,16-17,20-21H2,1-2H3,(H,36,38)/p+1. The van der Waals surface area contributed by atoms with Gasteiger partial charge in [0.05, 0.1) is 19.3 Å². The lowest BCUT2D eigenvalue weighted by molar-refractivity contribution is -0.690. The first kappa shape index (κ1) is 26.5. The third-order valence-electron chi connectivity index (χ3n) is 7.50. The van der Waals surface area contributed by atoms with E-state index >= 15 is 0 Å². The summed E-state index contributed by atoms with van der Waals surface area (Å²) in [4.78, 5) is 15.0. The van der Waals surface area contributed by atoms with Gasteiger partial charge < -0.3 is 29.8 Å². The maximum Gasteiger partial charge on any atom is 0.221 e. The Kier molecular flexibility index (Phi) is 7.60. The molecule has 2 heterocycles. The van der Waals surface area contributed by atoms with Gasteiger partial charge in [-0.25, -0.2) is 0 Å². The molecule has 7 heteroatoms. The number of methoxy groups -OCH3 is 1. The van der Waals surface area contributed by atoms with E-state index in [9.17, 15) is 4.79 Å². The maximum atomic E-state index is 11.3. The van der Waals surface area contributed by atoms with Crippen LogP contribution >= 0.6 is 0 Å². The highest BCUT2D eigenvalue weighted by atomic mass is 16.5. The van der Waals surface area contributed by atoms with Crippen LogP contribution in [0.2, 0.25) is 0 Å². The number of rotatable bonds is 9. The minimum atomic E-state index is -0.102. The van der Waals surface area contributed by atoms with E-state index < -0.39 is 0 Å². The van der Waals surface area contributed by atoms with Crippen molar-refractivity contribution in [3.8, 4) is 17.2 Å². The number of nitrogens with one attached hydrogen (secondary N) is 2. The molecule has 0 saturated heterocycles. The van der Waals surface area contributed by atoms with Crippen molar-refractivity contribution in [2.24, 2.45) is 0 Å². The summed E-state index contributed by atoms with van der Waals surface area (Å²) in [6.45, 7) is 3.40. The molecule has 0 fully saturated rings. The van der Waals surface area contributed by atoms with Gasteiger partial charge in [-0.15, -0.1) is 0 Å². The molecule has 41 heavy (non-hydrogen) atoms. The number of carbonyl (C=O) groups is 1. The number of nitrogens with two attached hydrogens (primary N) is 1. The number of hydrogen-bond donors (Lipinski definition) is 3. The van der Waals surface area contributed by atoms with Gasteiger partial charge >= 0.3 is 0 Å². The fraction of sp³-hybridized carbons (Fsp3) is 0.206. The fourth-order valence-electron chi connectivity index (χ4n) is 5.53. The third-order valence-corrected chi connectivity index (χ3v) is 7.50. The predicted molar refractivity (Wildman–Crippen MR) is 159 cm³/mol. The molecule has 7 nitrogen and oxygen atoms in total. The average molecular weight is 549 g/mol. The lowest BCUT2D eigenvalue weighted by Crippen LogP contribution is -2.87. The molecule has 1 aliphatic rings. The van der Waals surface area contributed by atoms with Crippen LogP contribution in [0, 0.1) is 0 Å². The Labute approximate surface area is 239 Å². The second kappa shape index (κ2) is 11.8. The summed E-state index contributed by atoms with van der Waals surface area (Å²) < 4.78 is 17.9. The van der Waals surface area contributed by atoms with Gasteiger partial charge in [-0.2, -0.15) is 0 Å². The molecule has 0 spiro atoms. The summed E-state index contributed by atoms with van der Waals surface area (Å²) in [5.74, 6) is 2.29. The van der Waals surface area contributed by atoms with Crippen molar-refractivity contribution in [3.63, 3.8) is 0 Å². The first-order valence-corrected chi connectivity index (χ1v) is 13.9. The smallest absolute Gasteiger partial charge is 0.221 e. The van der Waals surface area contributed by atoms with Crippen molar-refractivity contribution < 1.29 is 24.3 Å². The molecule has 4 N–H and O–H groups in total. The van der Waals surface area contributed by atoms with Gasteiger partial charge in [0.2, 0.25) is 5.91 Å². The second-order valence-corrected chi connectivity index (χ2v) is 10.3. The summed E-state index contributed by atoms with van der Waals surface area (Å²) in [6, 6.07) is 30.4. The number of aromatic amines is 1. The van der Waals surface area contributed by atoms with Gasteiger partial charge in [0.25, 0.3) is 0 Å². The predicted octanol–water partition coefficient (Wildman–Crippen LogP) is 5.50. The molecular weight excluding hydrogens is 514 g/mol. The normalized spacial score (nSPS) is 14.3. The van der Waals surface area contributed by atoms with Crippen LogP contribution in [0.1, 0.15) is 40.9 Å². The Morgan fingerprint density at radius 3 is 2.49 bits per heavy atom. The van der Waals surface area contributed by atoms with Crippen molar-refractivity contribution >= 4 is 22.5 Å². The topological polar surface area (TPSA) is 89.2 Å². The largest absolute Gasteiger partial charge is 0.496 e. The zero-order chi connectivity index (χ0) is 28.2. The van der Waals surface area contributed by atoms with E-state index in [2.05, 4.69) is 52.0 Å². The summed E-state index contributed by atoms with van der Waals surface area (Å²) in [5.41, 5.74) is 7.77. The maximum absolute atomic E-state index is 11.3. The summed E-state index contributed by atoms with van der Waals surface area (Å²) in [6.07, 6.45) is 0.995. The van der Waals surface area contributed by atoms with E-state index in [4.69, 9.17) is 14.2 Å². The SMILES string of the molecule is COc1ccc(C2[NH2+]CCc3c2[nH]c2ccc(OCc4ccccc4)cc32)cc1COc1ccc(NC(C)=O)cc1. The number of ether oxygens (including phenoxy) is 3. The molecule has 5 aromatic rings. The van der Waals surface area contributed by atoms with E-state index in [0.717, 1.165) is 52.5 Å². The lowest BCUT2D eigenvalue weighted by atomic mass is 9.93. The summed E-state index contributed by atoms with van der Waals surface area (Å²) in [7, 11) is 1.68. The molecule has 1 atom stereocenters. The van der Waals surface area contributed by atoms with Gasteiger partial charge in [-0.3, -0.25) is 4.79 Å². The number of amides is 1. The third kappa shape index (κ3) is 5.90. The number of anilines is 1. The highest BCUT2D eigenvalue weighted by Crippen LogP contribution is 2.34. The molecule has 1 aliphatic heterocycles. The Balaban J connectivity index is 1.22. The molecule has 1 amide bonds. The van der Waals surface area contributed by atoms with Gasteiger partial charge in [-0.05, 0) is 71.8 Å². The van der Waals surface area contributed by atoms with Crippen molar-refractivity contribution in [2.75, 3.05) is 19.0 Å². The number of H-pyrrole nitrogens is 1. The Hall–Kier alpha value is -4.75. The fourth-order valence-corrected chi connectivity index (χ4v) is 5.53. The van der Waals surface area contributed by atoms with Crippen LogP contribution < -0.4 is 24.8 Å². The second-order valence-electron chi connectivity index (χ2n) is 10.3. The lowest BCUT2D eigenvalue weighted by Gasteiger charge is -2.22. The van der Waals surface area contributed by atoms with Gasteiger partial charge in [0.15, 0.2) is 6.04 Å². The highest BCUT2D eigenvalue weighted by Gasteiger charge is 2.29. The molecule has 0 saturated carbocycles. The van der Waals surface area contributed by atoms with Crippen LogP contribution in [-0.4, -0.2) is 24.5 Å². The van der Waals surface area contributed by atoms with Crippen molar-refractivity contribution in [2.45, 2.75) is 32.6 Å². The van der Waals surface area contributed by atoms with Crippen LogP contribution in [0.5, 0.6) is 17.2 Å². The number of hydrogen-bond acceptors (Lipinski definition) is 4. The van der Waals surface area contributed by atoms with Gasteiger partial charge in [0, 0.05) is 41.1 Å². The van der Waals surface area contributed by atoms with E-state index in [1.165, 1.54) is 29.1 Å². The molecule has 208 valence electrons. The first-order valence-electron chi connectivity index (χ1n) is 13.9. The number of aromatic nitrogens is 1. The van der Waals surface area contributed by atoms with E-state index in [1.807, 2.05) is 54.6 Å². The van der Waals surface area contributed by atoms with E-state index in [0.29, 0.717) is 13.2 Å². The number of carbonyl (C=O) groups excluding carboxylic acids is 1. The molecule has 6 rings (SSSR count). The van der Waals surface area contributed by atoms with Crippen molar-refractivity contribution in [1.82, 2.24) is 4.98 Å². The summed E-state index contributed by atoms with van der Waals surface area (Å²) >= 11 is 0. The van der Waals surface area contributed by atoms with Gasteiger partial charge in [-0.1, -0.05) is 30.3 Å². The zero-order valence-corrected chi connectivity index (χ0v) is 23.3. The van der Waals surface area contributed by atoms with Crippen LogP contribution in [0.15, 0.2) is 91.0 Å². The van der Waals surface area contributed by atoms with E-state index in [-0.39, 0.29) is 11.9 Å². The molecule has 4 aromatic carbocycles. The molecule has 0 bridgehead atoms. The zero-order valence-electron chi connectivity index (χ0n) is 23.3. The minimum Gasteiger partial charge on any atom is -0.496 e. The van der Waals surface area contributed by atoms with Gasteiger partial charge in [0.1, 0.15) is 30.5 Å². The molecular formula is C34H34N3O4+. The van der Waals surface area contributed by atoms with Crippen molar-refractivity contribution in [1.29, 1.82) is 0 Å². The molecule has 1 unspecified atom stereocenters. The molecule has 0 radical (unpaired) electrons. The molecule has 1 aromatic heterocycles. The Morgan fingerprint density at radius 2 is 1.71 bits per heavy atom. The first-order chi connectivity index (χ1) is 20.1. The average Bonchev–Trinajstić information content (AvgIpc) is 3.38. The molecule has 0 aliphatic carbocycles. The quantitative estimate of drug-likeness (QED) is 0.227. The van der Waals surface area contributed by atoms with Crippen molar-refractivity contribution in [3.05, 3.63) is 119 Å².